The van der Waals surface area contributed by atoms with E-state index in [0.29, 0.717) is 0 Å². The molecule has 0 spiro atoms. The molecule has 0 aliphatic rings. The molecule has 0 radical (unpaired) electrons. The van der Waals surface area contributed by atoms with Crippen molar-refractivity contribution in [2.45, 2.75) is 19.7 Å². The van der Waals surface area contributed by atoms with E-state index in [-0.39, 0.29) is 5.78 Å². The number of ketones is 1. The van der Waals surface area contributed by atoms with E-state index in [2.05, 4.69) is 0 Å². The third-order valence-electron chi connectivity index (χ3n) is 0.602. The van der Waals surface area contributed by atoms with Gasteiger partial charge in [0.25, 0.3) is 0 Å². The maximum absolute atomic E-state index is 10.0. The minimum absolute atomic E-state index is 0.289. The summed E-state index contributed by atoms with van der Waals surface area (Å²) in [6, 6.07) is 0. The van der Waals surface area contributed by atoms with Gasteiger partial charge in [-0.25, -0.2) is 0 Å². The highest BCUT2D eigenvalue weighted by atomic mass is 16.1. The third-order valence-corrected chi connectivity index (χ3v) is 0.602. The topological polar surface area (TPSA) is 17.1 Å². The van der Waals surface area contributed by atoms with Crippen LogP contribution in [0.1, 0.15) is 13.3 Å². The molecule has 0 atom stereocenters. The second-order valence-electron chi connectivity index (χ2n) is 1.45. The zero-order valence-electron chi connectivity index (χ0n) is 4.32. The van der Waals surface area contributed by atoms with E-state index in [4.69, 9.17) is 0 Å². The molecule has 0 saturated heterocycles. The fourth-order valence-corrected chi connectivity index (χ4v) is 0.352. The summed E-state index contributed by atoms with van der Waals surface area (Å²) in [5.41, 5.74) is 0. The third kappa shape index (κ3) is 3.73. The molecule has 0 aromatic heterocycles. The van der Waals surface area contributed by atoms with Gasteiger partial charge >= 0.3 is 0 Å². The van der Waals surface area contributed by atoms with E-state index in [1.54, 1.807) is 6.92 Å². The molecule has 0 fully saturated rings. The zero-order chi connectivity index (χ0) is 4.99. The van der Waals surface area contributed by atoms with Crippen molar-refractivity contribution in [2.75, 3.05) is 0 Å². The summed E-state index contributed by atoms with van der Waals surface area (Å²) < 4.78 is 0. The molecule has 0 N–H and O–H groups in total. The van der Waals surface area contributed by atoms with Gasteiger partial charge in [-0.3, -0.25) is 0 Å². The average Bonchev–Trinajstić information content (AvgIpc) is 1.35. The molecule has 0 amide bonds. The predicted molar refractivity (Wildman–Crippen MR) is 28.6 cm³/mol. The molecular formula is C4H9BO. The lowest BCUT2D eigenvalue weighted by molar-refractivity contribution is -0.116. The molecule has 1 nitrogen and oxygen atoms in total. The Morgan fingerprint density at radius 2 is 2.33 bits per heavy atom. The summed E-state index contributed by atoms with van der Waals surface area (Å²) >= 11 is 0. The first kappa shape index (κ1) is 5.73. The molecule has 0 heterocycles. The van der Waals surface area contributed by atoms with E-state index >= 15 is 0 Å². The van der Waals surface area contributed by atoms with Crippen molar-refractivity contribution >= 4 is 13.6 Å². The first-order chi connectivity index (χ1) is 2.77. The summed E-state index contributed by atoms with van der Waals surface area (Å²) in [5, 5.41) is 0. The van der Waals surface area contributed by atoms with Gasteiger partial charge in [0, 0.05) is 0 Å². The number of carbonyl (C=O) groups excluding carboxylic acids is 1. The first-order valence-electron chi connectivity index (χ1n) is 2.26. The van der Waals surface area contributed by atoms with E-state index in [9.17, 15) is 4.79 Å². The second kappa shape index (κ2) is 2.95. The van der Waals surface area contributed by atoms with Gasteiger partial charge in [-0.05, 0) is 13.3 Å². The Kier molecular flexibility index (Phi) is 2.82. The molecule has 0 saturated carbocycles. The van der Waals surface area contributed by atoms with Crippen LogP contribution in [0.25, 0.3) is 0 Å². The number of Topliss-reactive ketones (excluding diaryl/α,β-unsaturated/α-hetero) is 1. The maximum atomic E-state index is 10.0. The van der Waals surface area contributed by atoms with Gasteiger partial charge in [0.2, 0.25) is 0 Å². The Hall–Kier alpha value is -0.265. The van der Waals surface area contributed by atoms with Crippen molar-refractivity contribution in [3.63, 3.8) is 0 Å². The Morgan fingerprint density at radius 3 is 2.33 bits per heavy atom. The monoisotopic (exact) mass is 84.1 g/mol. The van der Waals surface area contributed by atoms with Crippen LogP contribution in [0.15, 0.2) is 0 Å². The van der Waals surface area contributed by atoms with Crippen LogP contribution in [0.4, 0.5) is 0 Å². The molecule has 0 aliphatic carbocycles. The Labute approximate surface area is 39.1 Å². The molecule has 34 valence electrons. The smallest absolute Gasteiger partial charge is 0.129 e. The minimum Gasteiger partial charge on any atom is -0.300 e. The van der Waals surface area contributed by atoms with Gasteiger partial charge in [0.05, 0.1) is 0 Å². The fourth-order valence-electron chi connectivity index (χ4n) is 0.352. The van der Waals surface area contributed by atoms with Crippen LogP contribution in [0.3, 0.4) is 0 Å². The molecule has 0 aromatic carbocycles. The van der Waals surface area contributed by atoms with Crippen LogP contribution in [-0.4, -0.2) is 13.6 Å². The van der Waals surface area contributed by atoms with Crippen molar-refractivity contribution in [3.8, 4) is 0 Å². The van der Waals surface area contributed by atoms with E-state index in [1.165, 1.54) is 0 Å². The van der Waals surface area contributed by atoms with Gasteiger partial charge < -0.3 is 4.79 Å². The zero-order valence-corrected chi connectivity index (χ0v) is 4.32. The molecule has 0 bridgehead atoms. The summed E-state index contributed by atoms with van der Waals surface area (Å²) in [6.07, 6.45) is 1.72. The van der Waals surface area contributed by atoms with Crippen molar-refractivity contribution < 1.29 is 4.79 Å². The van der Waals surface area contributed by atoms with Gasteiger partial charge in [-0.15, -0.1) is 0 Å². The van der Waals surface area contributed by atoms with Crippen molar-refractivity contribution in [3.05, 3.63) is 0 Å². The van der Waals surface area contributed by atoms with Gasteiger partial charge in [0.1, 0.15) is 13.6 Å². The molecule has 0 rings (SSSR count). The van der Waals surface area contributed by atoms with Gasteiger partial charge in [-0.1, -0.05) is 6.32 Å². The average molecular weight is 83.9 g/mol. The Morgan fingerprint density at radius 1 is 1.83 bits per heavy atom. The van der Waals surface area contributed by atoms with Crippen LogP contribution in [0.2, 0.25) is 6.32 Å². The van der Waals surface area contributed by atoms with E-state index in [1.807, 2.05) is 7.85 Å². The second-order valence-corrected chi connectivity index (χ2v) is 1.45. The number of carbonyl (C=O) groups is 1. The van der Waals surface area contributed by atoms with Crippen molar-refractivity contribution in [1.29, 1.82) is 0 Å². The molecule has 2 heteroatoms. The van der Waals surface area contributed by atoms with Gasteiger partial charge in [-0.2, -0.15) is 0 Å². The normalized spacial score (nSPS) is 8.17. The number of hydrogen-bond acceptors (Lipinski definition) is 1. The summed E-state index contributed by atoms with van der Waals surface area (Å²) in [7, 11) is 2.00. The van der Waals surface area contributed by atoms with E-state index < -0.39 is 0 Å². The van der Waals surface area contributed by atoms with Crippen molar-refractivity contribution in [2.24, 2.45) is 0 Å². The minimum atomic E-state index is 0.289. The number of rotatable bonds is 2. The van der Waals surface area contributed by atoms with Gasteiger partial charge in [0.15, 0.2) is 0 Å². The maximum Gasteiger partial charge on any atom is 0.129 e. The lowest BCUT2D eigenvalue weighted by atomic mass is 10.0. The highest BCUT2D eigenvalue weighted by molar-refractivity contribution is 6.09. The highest BCUT2D eigenvalue weighted by Gasteiger charge is 1.83. The van der Waals surface area contributed by atoms with E-state index in [0.717, 1.165) is 12.7 Å². The molecular weight excluding hydrogens is 74.9 g/mol. The fraction of sp³-hybridized carbons (Fsp3) is 0.750. The number of hydrogen-bond donors (Lipinski definition) is 0. The van der Waals surface area contributed by atoms with Crippen molar-refractivity contribution in [1.82, 2.24) is 0 Å². The highest BCUT2D eigenvalue weighted by Crippen LogP contribution is 1.82. The van der Waals surface area contributed by atoms with Crippen LogP contribution in [-0.2, 0) is 4.79 Å². The lowest BCUT2D eigenvalue weighted by Crippen LogP contribution is -1.85. The van der Waals surface area contributed by atoms with Crippen LogP contribution >= 0.6 is 0 Å². The summed E-state index contributed by atoms with van der Waals surface area (Å²) in [5.74, 6) is 0.289. The summed E-state index contributed by atoms with van der Waals surface area (Å²) in [4.78, 5) is 10.0. The molecule has 6 heavy (non-hydrogen) atoms. The molecule has 0 aromatic rings. The standard InChI is InChI=1S/C4H9BO/c1-4(6)2-3-5/h2-3,5H2,1H3. The quantitative estimate of drug-likeness (QED) is 0.431. The lowest BCUT2D eigenvalue weighted by Gasteiger charge is -1.80. The first-order valence-corrected chi connectivity index (χ1v) is 2.26. The Balaban J connectivity index is 2.83. The predicted octanol–water partition coefficient (Wildman–Crippen LogP) is 0.0169. The summed E-state index contributed by atoms with van der Waals surface area (Å²) in [6.45, 7) is 1.61. The molecule has 0 aliphatic heterocycles. The molecule has 0 unspecified atom stereocenters. The van der Waals surface area contributed by atoms with Crippen LogP contribution < -0.4 is 0 Å². The largest absolute Gasteiger partial charge is 0.300 e. The SMILES string of the molecule is BCCC(C)=O. The van der Waals surface area contributed by atoms with Crippen LogP contribution in [0.5, 0.6) is 0 Å². The Bertz CT molecular complexity index is 51.5. The van der Waals surface area contributed by atoms with Crippen LogP contribution in [0, 0.1) is 0 Å².